The van der Waals surface area contributed by atoms with Crippen LogP contribution in [0.4, 0.5) is 5.69 Å². The van der Waals surface area contributed by atoms with Crippen LogP contribution in [0.3, 0.4) is 0 Å². The van der Waals surface area contributed by atoms with E-state index in [0.29, 0.717) is 30.0 Å². The fraction of sp³-hybridized carbons (Fsp3) is 0.429. The second kappa shape index (κ2) is 6.88. The zero-order valence-electron chi connectivity index (χ0n) is 16.6. The van der Waals surface area contributed by atoms with Gasteiger partial charge in [0.2, 0.25) is 0 Å². The van der Waals surface area contributed by atoms with E-state index in [1.807, 2.05) is 44.2 Å². The number of rotatable bonds is 3. The third kappa shape index (κ3) is 2.98. The van der Waals surface area contributed by atoms with E-state index in [9.17, 15) is 13.3 Å². The van der Waals surface area contributed by atoms with Crippen LogP contribution in [0.2, 0.25) is 0 Å². The molecule has 2 aliphatic rings. The van der Waals surface area contributed by atoms with E-state index >= 15 is 0 Å². The summed E-state index contributed by atoms with van der Waals surface area (Å²) in [6.45, 7) is 4.92. The minimum absolute atomic E-state index is 0.295. The average Bonchev–Trinajstić information content (AvgIpc) is 3.01. The first-order chi connectivity index (χ1) is 13.3. The third-order valence-corrected chi connectivity index (χ3v) is 7.81. The van der Waals surface area contributed by atoms with E-state index in [4.69, 9.17) is 0 Å². The summed E-state index contributed by atoms with van der Waals surface area (Å²) in [7, 11) is -1.96. The Labute approximate surface area is 166 Å². The molecule has 1 saturated heterocycles. The van der Waals surface area contributed by atoms with E-state index in [1.54, 1.807) is 22.4 Å². The highest BCUT2D eigenvalue weighted by Crippen LogP contribution is 2.37. The summed E-state index contributed by atoms with van der Waals surface area (Å²) in [6, 6.07) is 11.0. The van der Waals surface area contributed by atoms with Gasteiger partial charge in [0.1, 0.15) is 4.87 Å². The Balaban J connectivity index is 1.80. The fourth-order valence-corrected chi connectivity index (χ4v) is 6.18. The van der Waals surface area contributed by atoms with Gasteiger partial charge < -0.3 is 0 Å². The van der Waals surface area contributed by atoms with Gasteiger partial charge in [-0.15, -0.1) is 5.01 Å². The number of hydrogen-bond acceptors (Lipinski definition) is 3. The summed E-state index contributed by atoms with van der Waals surface area (Å²) in [6.07, 6.45) is 2.38. The highest BCUT2D eigenvalue weighted by atomic mass is 32.2. The Bertz CT molecular complexity index is 1050. The lowest BCUT2D eigenvalue weighted by molar-refractivity contribution is -0.711. The molecule has 0 aliphatic carbocycles. The summed E-state index contributed by atoms with van der Waals surface area (Å²) in [5.41, 5.74) is 4.31. The SMILES string of the molecule is Cc1ccc(C2CCN(C)[N+]2=O)cc1S(=O)(=O)N1CCCc2cccc(C)c21. The molecule has 2 aromatic carbocycles. The molecule has 1 atom stereocenters. The van der Waals surface area contributed by atoms with Gasteiger partial charge in [0, 0.05) is 18.5 Å². The highest BCUT2D eigenvalue weighted by molar-refractivity contribution is 7.92. The quantitative estimate of drug-likeness (QED) is 0.740. The number of sulfonamides is 1. The summed E-state index contributed by atoms with van der Waals surface area (Å²) in [5, 5.41) is 1.63. The molecule has 1 unspecified atom stereocenters. The van der Waals surface area contributed by atoms with Gasteiger partial charge in [0.25, 0.3) is 16.1 Å². The van der Waals surface area contributed by atoms with E-state index in [1.165, 1.54) is 0 Å². The fourth-order valence-electron chi connectivity index (χ4n) is 4.31. The number of para-hydroxylation sites is 1. The molecule has 6 nitrogen and oxygen atoms in total. The lowest BCUT2D eigenvalue weighted by Crippen LogP contribution is -2.36. The lowest BCUT2D eigenvalue weighted by Gasteiger charge is -2.32. The van der Waals surface area contributed by atoms with Crippen LogP contribution in [0, 0.1) is 18.8 Å². The molecule has 148 valence electrons. The monoisotopic (exact) mass is 400 g/mol. The number of anilines is 1. The van der Waals surface area contributed by atoms with Gasteiger partial charge in [0.15, 0.2) is 0 Å². The molecule has 0 saturated carbocycles. The second-order valence-corrected chi connectivity index (χ2v) is 9.61. The van der Waals surface area contributed by atoms with Crippen molar-refractivity contribution in [2.45, 2.75) is 44.0 Å². The Morgan fingerprint density at radius 1 is 1.07 bits per heavy atom. The lowest BCUT2D eigenvalue weighted by atomic mass is 10.0. The standard InChI is InChI=1S/C21H26N3O3S/c1-15-9-10-18(19-11-13-22(3)24(19)25)14-20(15)28(26,27)23-12-5-8-17-7-4-6-16(2)21(17)23/h4,6-7,9-10,14,19H,5,8,11-13H2,1-3H3/q+1. The van der Waals surface area contributed by atoms with Gasteiger partial charge in [-0.3, -0.25) is 4.31 Å². The third-order valence-electron chi connectivity index (χ3n) is 5.87. The van der Waals surface area contributed by atoms with E-state index in [0.717, 1.165) is 40.1 Å². The molecule has 0 radical (unpaired) electrons. The number of nitroso groups, excluding NO2 is 1. The van der Waals surface area contributed by atoms with Crippen molar-refractivity contribution in [2.75, 3.05) is 24.4 Å². The molecule has 7 heteroatoms. The molecule has 1 fully saturated rings. The Morgan fingerprint density at radius 3 is 2.57 bits per heavy atom. The summed E-state index contributed by atoms with van der Waals surface area (Å²) in [5.74, 6) is 0. The smallest absolute Gasteiger partial charge is 0.264 e. The van der Waals surface area contributed by atoms with Crippen LogP contribution >= 0.6 is 0 Å². The van der Waals surface area contributed by atoms with Crippen LogP contribution in [-0.4, -0.2) is 38.4 Å². The number of benzene rings is 2. The van der Waals surface area contributed by atoms with Crippen molar-refractivity contribution in [3.05, 3.63) is 63.6 Å². The van der Waals surface area contributed by atoms with Gasteiger partial charge in [-0.05, 0) is 49.4 Å². The van der Waals surface area contributed by atoms with E-state index in [2.05, 4.69) is 0 Å². The first-order valence-corrected chi connectivity index (χ1v) is 11.1. The van der Waals surface area contributed by atoms with Crippen LogP contribution in [0.1, 0.15) is 41.1 Å². The Kier molecular flexibility index (Phi) is 4.65. The van der Waals surface area contributed by atoms with E-state index < -0.39 is 10.0 Å². The van der Waals surface area contributed by atoms with Crippen LogP contribution in [-0.2, 0) is 16.4 Å². The molecule has 0 N–H and O–H groups in total. The molecule has 4 rings (SSSR count). The van der Waals surface area contributed by atoms with Crippen LogP contribution < -0.4 is 4.31 Å². The van der Waals surface area contributed by atoms with Crippen molar-refractivity contribution in [1.82, 2.24) is 5.01 Å². The van der Waals surface area contributed by atoms with Gasteiger partial charge in [-0.25, -0.2) is 8.42 Å². The first-order valence-electron chi connectivity index (χ1n) is 9.70. The van der Waals surface area contributed by atoms with Gasteiger partial charge in [-0.1, -0.05) is 30.3 Å². The first kappa shape index (κ1) is 18.9. The molecular formula is C21H26N3O3S+. The molecule has 28 heavy (non-hydrogen) atoms. The molecule has 0 bridgehead atoms. The Hall–Kier alpha value is -2.41. The van der Waals surface area contributed by atoms with Gasteiger partial charge >= 0.3 is 0 Å². The molecule has 2 aliphatic heterocycles. The maximum Gasteiger partial charge on any atom is 0.264 e. The van der Waals surface area contributed by atoms with Crippen LogP contribution in [0.15, 0.2) is 41.3 Å². The summed E-state index contributed by atoms with van der Waals surface area (Å²) < 4.78 is 28.9. The predicted molar refractivity (Wildman–Crippen MR) is 109 cm³/mol. The van der Waals surface area contributed by atoms with Crippen molar-refractivity contribution >= 4 is 15.7 Å². The van der Waals surface area contributed by atoms with E-state index in [-0.39, 0.29) is 6.04 Å². The highest BCUT2D eigenvalue weighted by Gasteiger charge is 2.40. The molecule has 2 heterocycles. The molecule has 0 aromatic heterocycles. The van der Waals surface area contributed by atoms with Crippen LogP contribution in [0.25, 0.3) is 0 Å². The normalized spacial score (nSPS) is 19.8. The number of aryl methyl sites for hydroxylation is 3. The second-order valence-electron chi connectivity index (χ2n) is 7.78. The van der Waals surface area contributed by atoms with Crippen molar-refractivity contribution in [1.29, 1.82) is 0 Å². The number of nitrogens with zero attached hydrogens (tertiary/aromatic N) is 3. The molecule has 0 amide bonds. The molecule has 2 aromatic rings. The van der Waals surface area contributed by atoms with Gasteiger partial charge in [0.05, 0.1) is 29.1 Å². The number of fused-ring (bicyclic) bond motifs is 1. The summed E-state index contributed by atoms with van der Waals surface area (Å²) in [4.78, 5) is 13.6. The van der Waals surface area contributed by atoms with Crippen LogP contribution in [0.5, 0.6) is 0 Å². The summed E-state index contributed by atoms with van der Waals surface area (Å²) >= 11 is 0. The zero-order chi connectivity index (χ0) is 20.1. The molecular weight excluding hydrogens is 374 g/mol. The molecule has 0 spiro atoms. The maximum absolute atomic E-state index is 13.7. The van der Waals surface area contributed by atoms with Crippen molar-refractivity contribution < 1.29 is 13.3 Å². The van der Waals surface area contributed by atoms with Crippen molar-refractivity contribution in [3.63, 3.8) is 0 Å². The van der Waals surface area contributed by atoms with Crippen molar-refractivity contribution in [3.8, 4) is 0 Å². The number of hydrazine groups is 1. The zero-order valence-corrected chi connectivity index (χ0v) is 17.4. The predicted octanol–water partition coefficient (Wildman–Crippen LogP) is 3.52. The topological polar surface area (TPSA) is 60.7 Å². The van der Waals surface area contributed by atoms with Crippen molar-refractivity contribution in [2.24, 2.45) is 0 Å². The minimum Gasteiger partial charge on any atom is -0.266 e. The Morgan fingerprint density at radius 2 is 1.86 bits per heavy atom. The minimum atomic E-state index is -3.71. The largest absolute Gasteiger partial charge is 0.266 e. The average molecular weight is 401 g/mol. The number of hydrogen-bond donors (Lipinski definition) is 0. The van der Waals surface area contributed by atoms with Gasteiger partial charge in [-0.2, -0.15) is 0 Å². The maximum atomic E-state index is 13.7.